The third-order valence-corrected chi connectivity index (χ3v) is 8.44. The predicted molar refractivity (Wildman–Crippen MR) is 124 cm³/mol. The van der Waals surface area contributed by atoms with Gasteiger partial charge in [0.2, 0.25) is 0 Å². The van der Waals surface area contributed by atoms with Crippen molar-refractivity contribution in [3.63, 3.8) is 0 Å². The molecule has 0 heterocycles. The third kappa shape index (κ3) is 5.29. The maximum atomic E-state index is 10.2. The van der Waals surface area contributed by atoms with Gasteiger partial charge in [0.25, 0.3) is 0 Å². The lowest BCUT2D eigenvalue weighted by Gasteiger charge is -2.43. The molecule has 3 aliphatic rings. The largest absolute Gasteiger partial charge is 0.393 e. The zero-order valence-electron chi connectivity index (χ0n) is 19.8. The summed E-state index contributed by atoms with van der Waals surface area (Å²) in [6, 6.07) is 0. The second kappa shape index (κ2) is 9.30. The fourth-order valence-corrected chi connectivity index (χ4v) is 6.58. The van der Waals surface area contributed by atoms with E-state index >= 15 is 0 Å². The molecule has 0 amide bonds. The van der Waals surface area contributed by atoms with Gasteiger partial charge in [-0.25, -0.2) is 0 Å². The van der Waals surface area contributed by atoms with Crippen molar-refractivity contribution >= 4 is 0 Å². The Morgan fingerprint density at radius 1 is 1.23 bits per heavy atom. The van der Waals surface area contributed by atoms with Gasteiger partial charge in [0, 0.05) is 6.42 Å². The van der Waals surface area contributed by atoms with E-state index in [0.717, 1.165) is 36.3 Å². The molecule has 0 spiro atoms. The normalized spacial score (nSPS) is 36.2. The Morgan fingerprint density at radius 2 is 1.97 bits per heavy atom. The summed E-state index contributed by atoms with van der Waals surface area (Å²) in [7, 11) is 0. The van der Waals surface area contributed by atoms with E-state index in [9.17, 15) is 15.3 Å². The molecule has 2 unspecified atom stereocenters. The smallest absolute Gasteiger partial charge is 0.0777 e. The standard InChI is InChI=1S/C27H44O3/c1-18(8-6-14-26(3,4)30)23-12-13-24-20(9-7-15-27(23,24)5)10-11-21-16-22(28)17-25(29)19(21)2/h9-11,18,22-25,28-30H,6-8,12-17H2,1-5H3/b11-10-/t18-,22?,23-,24+,25?,27-/m1/s1. The van der Waals surface area contributed by atoms with Crippen LogP contribution in [0, 0.1) is 23.2 Å². The quantitative estimate of drug-likeness (QED) is 0.498. The molecule has 3 aliphatic carbocycles. The number of hydrogen-bond acceptors (Lipinski definition) is 3. The van der Waals surface area contributed by atoms with Crippen LogP contribution in [0.25, 0.3) is 0 Å². The fourth-order valence-electron chi connectivity index (χ4n) is 6.58. The number of fused-ring (bicyclic) bond motifs is 1. The molecule has 0 aromatic carbocycles. The first-order chi connectivity index (χ1) is 14.0. The first-order valence-electron chi connectivity index (χ1n) is 12.2. The van der Waals surface area contributed by atoms with Gasteiger partial charge in [-0.05, 0) is 99.2 Å². The summed E-state index contributed by atoms with van der Waals surface area (Å²) in [5, 5.41) is 30.3. The van der Waals surface area contributed by atoms with Crippen LogP contribution in [0.2, 0.25) is 0 Å². The number of hydrogen-bond donors (Lipinski definition) is 3. The van der Waals surface area contributed by atoms with Gasteiger partial charge >= 0.3 is 0 Å². The van der Waals surface area contributed by atoms with Crippen molar-refractivity contribution in [3.8, 4) is 0 Å². The van der Waals surface area contributed by atoms with Crippen LogP contribution in [-0.2, 0) is 0 Å². The average molecular weight is 417 g/mol. The van der Waals surface area contributed by atoms with Gasteiger partial charge < -0.3 is 15.3 Å². The van der Waals surface area contributed by atoms with Crippen molar-refractivity contribution < 1.29 is 15.3 Å². The van der Waals surface area contributed by atoms with Crippen LogP contribution in [-0.4, -0.2) is 33.1 Å². The molecule has 30 heavy (non-hydrogen) atoms. The molecule has 3 heteroatoms. The van der Waals surface area contributed by atoms with E-state index in [-0.39, 0.29) is 0 Å². The molecule has 1 fully saturated rings. The van der Waals surface area contributed by atoms with Crippen LogP contribution in [0.15, 0.2) is 34.9 Å². The first-order valence-corrected chi connectivity index (χ1v) is 12.2. The van der Waals surface area contributed by atoms with Gasteiger partial charge in [-0.15, -0.1) is 0 Å². The molecule has 6 atom stereocenters. The van der Waals surface area contributed by atoms with Crippen molar-refractivity contribution in [2.75, 3.05) is 0 Å². The molecule has 170 valence electrons. The molecule has 3 rings (SSSR count). The van der Waals surface area contributed by atoms with E-state index in [0.29, 0.717) is 30.1 Å². The SMILES string of the molecule is CC1=C(/C=C\C2=CCC[C@]3(C)[C@@H]([C@H](C)CCCC(C)(C)O)CC[C@@H]23)CC(O)CC1O. The van der Waals surface area contributed by atoms with E-state index in [1.54, 1.807) is 0 Å². The zero-order valence-corrected chi connectivity index (χ0v) is 19.8. The molecule has 0 saturated heterocycles. The summed E-state index contributed by atoms with van der Waals surface area (Å²) in [5.74, 6) is 2.06. The summed E-state index contributed by atoms with van der Waals surface area (Å²) >= 11 is 0. The molecule has 0 aliphatic heterocycles. The molecule has 1 saturated carbocycles. The number of allylic oxidation sites excluding steroid dienone is 4. The van der Waals surface area contributed by atoms with Crippen molar-refractivity contribution in [1.29, 1.82) is 0 Å². The van der Waals surface area contributed by atoms with Crippen LogP contribution in [0.4, 0.5) is 0 Å². The first kappa shape index (κ1) is 23.8. The fraction of sp³-hybridized carbons (Fsp3) is 0.778. The Kier molecular flexibility index (Phi) is 7.37. The molecular formula is C27H44O3. The van der Waals surface area contributed by atoms with Crippen molar-refractivity contribution in [2.24, 2.45) is 23.2 Å². The molecular weight excluding hydrogens is 372 g/mol. The van der Waals surface area contributed by atoms with E-state index in [1.807, 2.05) is 20.8 Å². The highest BCUT2D eigenvalue weighted by Crippen LogP contribution is 2.58. The molecule has 3 N–H and O–H groups in total. The summed E-state index contributed by atoms with van der Waals surface area (Å²) in [5.41, 5.74) is 3.38. The second-order valence-electron chi connectivity index (χ2n) is 11.3. The van der Waals surface area contributed by atoms with Crippen LogP contribution in [0.5, 0.6) is 0 Å². The summed E-state index contributed by atoms with van der Waals surface area (Å²) in [6.45, 7) is 10.8. The van der Waals surface area contributed by atoms with Crippen LogP contribution < -0.4 is 0 Å². The third-order valence-electron chi connectivity index (χ3n) is 8.44. The monoisotopic (exact) mass is 416 g/mol. The van der Waals surface area contributed by atoms with Crippen molar-refractivity contribution in [1.82, 2.24) is 0 Å². The van der Waals surface area contributed by atoms with Crippen LogP contribution >= 0.6 is 0 Å². The van der Waals surface area contributed by atoms with Crippen molar-refractivity contribution in [2.45, 2.75) is 110 Å². The van der Waals surface area contributed by atoms with E-state index in [1.165, 1.54) is 31.3 Å². The molecule has 0 aromatic heterocycles. The molecule has 3 nitrogen and oxygen atoms in total. The van der Waals surface area contributed by atoms with Crippen molar-refractivity contribution in [3.05, 3.63) is 34.9 Å². The zero-order chi connectivity index (χ0) is 22.1. The minimum Gasteiger partial charge on any atom is -0.393 e. The van der Waals surface area contributed by atoms with Gasteiger partial charge in [0.05, 0.1) is 17.8 Å². The highest BCUT2D eigenvalue weighted by molar-refractivity contribution is 5.37. The topological polar surface area (TPSA) is 60.7 Å². The van der Waals surface area contributed by atoms with E-state index < -0.39 is 17.8 Å². The summed E-state index contributed by atoms with van der Waals surface area (Å²) < 4.78 is 0. The molecule has 0 radical (unpaired) electrons. The second-order valence-corrected chi connectivity index (χ2v) is 11.3. The van der Waals surface area contributed by atoms with Gasteiger partial charge in [-0.1, -0.05) is 44.9 Å². The lowest BCUT2D eigenvalue weighted by Crippen LogP contribution is -2.35. The highest BCUT2D eigenvalue weighted by Gasteiger charge is 2.49. The van der Waals surface area contributed by atoms with E-state index in [2.05, 4.69) is 32.1 Å². The van der Waals surface area contributed by atoms with Gasteiger partial charge in [-0.2, -0.15) is 0 Å². The Balaban J connectivity index is 1.68. The van der Waals surface area contributed by atoms with Gasteiger partial charge in [0.1, 0.15) is 0 Å². The number of aliphatic hydroxyl groups excluding tert-OH is 2. The minimum absolute atomic E-state index is 0.359. The highest BCUT2D eigenvalue weighted by atomic mass is 16.3. The average Bonchev–Trinajstić information content (AvgIpc) is 3.00. The Bertz CT molecular complexity index is 695. The summed E-state index contributed by atoms with van der Waals surface area (Å²) in [6.07, 6.45) is 15.2. The maximum absolute atomic E-state index is 10.2. The lowest BCUT2D eigenvalue weighted by atomic mass is 9.62. The molecule has 0 aromatic rings. The van der Waals surface area contributed by atoms with Crippen LogP contribution in [0.3, 0.4) is 0 Å². The predicted octanol–water partition coefficient (Wildman–Crippen LogP) is 5.70. The van der Waals surface area contributed by atoms with Gasteiger partial charge in [0.15, 0.2) is 0 Å². The van der Waals surface area contributed by atoms with Crippen LogP contribution in [0.1, 0.15) is 92.4 Å². The summed E-state index contributed by atoms with van der Waals surface area (Å²) in [4.78, 5) is 0. The number of aliphatic hydroxyl groups is 3. The lowest BCUT2D eigenvalue weighted by molar-refractivity contribution is 0.0613. The minimum atomic E-state index is -0.555. The molecule has 0 bridgehead atoms. The Hall–Kier alpha value is -0.900. The van der Waals surface area contributed by atoms with Gasteiger partial charge in [-0.3, -0.25) is 0 Å². The van der Waals surface area contributed by atoms with E-state index in [4.69, 9.17) is 0 Å². The Labute approximate surface area is 184 Å². The maximum Gasteiger partial charge on any atom is 0.0777 e. The Morgan fingerprint density at radius 3 is 2.67 bits per heavy atom. The number of rotatable bonds is 7.